The van der Waals surface area contributed by atoms with Crippen molar-refractivity contribution < 1.29 is 0 Å². The Labute approximate surface area is 376 Å². The van der Waals surface area contributed by atoms with Gasteiger partial charge in [-0.15, -0.1) is 0 Å². The van der Waals surface area contributed by atoms with Crippen molar-refractivity contribution in [1.29, 1.82) is 0 Å². The average Bonchev–Trinajstić information content (AvgIpc) is 3.82. The van der Waals surface area contributed by atoms with Gasteiger partial charge in [0, 0.05) is 34.3 Å². The molecule has 2 nitrogen and oxygen atoms in total. The number of allylic oxidation sites excluding steroid dienone is 15. The second kappa shape index (κ2) is 15.4. The fourth-order valence-electron chi connectivity index (χ4n) is 14.9. The Balaban J connectivity index is 1.03. The fraction of sp³-hybridized carbons (Fsp3) is 0.377. The first kappa shape index (κ1) is 38.1. The van der Waals surface area contributed by atoms with E-state index in [9.17, 15) is 0 Å². The van der Waals surface area contributed by atoms with Crippen molar-refractivity contribution in [3.05, 3.63) is 202 Å². The van der Waals surface area contributed by atoms with Gasteiger partial charge in [0.05, 0.1) is 17.5 Å². The van der Waals surface area contributed by atoms with Crippen LogP contribution in [0.25, 0.3) is 11.1 Å². The predicted molar refractivity (Wildman–Crippen MR) is 263 cm³/mol. The van der Waals surface area contributed by atoms with Crippen molar-refractivity contribution in [3.63, 3.8) is 0 Å². The van der Waals surface area contributed by atoms with Crippen LogP contribution < -0.4 is 9.80 Å². The summed E-state index contributed by atoms with van der Waals surface area (Å²) in [7, 11) is 0. The van der Waals surface area contributed by atoms with Gasteiger partial charge in [0.25, 0.3) is 0 Å². The molecule has 13 rings (SSSR count). The number of benzene rings is 3. The van der Waals surface area contributed by atoms with Crippen LogP contribution in [-0.4, -0.2) is 12.1 Å². The van der Waals surface area contributed by atoms with Crippen LogP contribution in [0.4, 0.5) is 11.4 Å². The van der Waals surface area contributed by atoms with Gasteiger partial charge in [0.1, 0.15) is 0 Å². The summed E-state index contributed by atoms with van der Waals surface area (Å²) in [5.41, 5.74) is 21.3. The van der Waals surface area contributed by atoms with Crippen LogP contribution in [0.3, 0.4) is 0 Å². The van der Waals surface area contributed by atoms with Crippen molar-refractivity contribution in [2.75, 3.05) is 9.80 Å². The van der Waals surface area contributed by atoms with Gasteiger partial charge in [-0.05, 0) is 184 Å². The lowest BCUT2D eigenvalue weighted by molar-refractivity contribution is 0.332. The molecule has 316 valence electrons. The van der Waals surface area contributed by atoms with Crippen LogP contribution in [0.2, 0.25) is 0 Å². The van der Waals surface area contributed by atoms with Crippen molar-refractivity contribution in [1.82, 2.24) is 0 Å². The average molecular weight is 823 g/mol. The molecule has 0 N–H and O–H groups in total. The molecule has 6 unspecified atom stereocenters. The minimum atomic E-state index is -0.273. The summed E-state index contributed by atoms with van der Waals surface area (Å²) < 4.78 is 0. The number of hydrogen-bond acceptors (Lipinski definition) is 2. The van der Waals surface area contributed by atoms with Crippen LogP contribution >= 0.6 is 0 Å². The monoisotopic (exact) mass is 822 g/mol. The highest BCUT2D eigenvalue weighted by Crippen LogP contribution is 2.68. The van der Waals surface area contributed by atoms with Gasteiger partial charge in [-0.1, -0.05) is 133 Å². The summed E-state index contributed by atoms with van der Waals surface area (Å²) in [5, 5.41) is 0. The zero-order chi connectivity index (χ0) is 41.5. The number of fused-ring (bicyclic) bond motifs is 12. The van der Waals surface area contributed by atoms with E-state index in [-0.39, 0.29) is 11.5 Å². The molecule has 7 atom stereocenters. The summed E-state index contributed by atoms with van der Waals surface area (Å²) >= 11 is 0. The topological polar surface area (TPSA) is 6.48 Å². The number of anilines is 2. The first-order valence-electron chi connectivity index (χ1n) is 25.1. The smallest absolute Gasteiger partial charge is 0.0593 e. The molecule has 0 saturated carbocycles. The van der Waals surface area contributed by atoms with E-state index in [1.54, 1.807) is 33.4 Å². The number of hydrogen-bond donors (Lipinski definition) is 0. The zero-order valence-corrected chi connectivity index (χ0v) is 37.0. The Morgan fingerprint density at radius 1 is 0.635 bits per heavy atom. The molecule has 0 radical (unpaired) electrons. The van der Waals surface area contributed by atoms with E-state index in [1.807, 2.05) is 0 Å². The van der Waals surface area contributed by atoms with Gasteiger partial charge in [-0.2, -0.15) is 0 Å². The lowest BCUT2D eigenvalue weighted by Crippen LogP contribution is -2.43. The van der Waals surface area contributed by atoms with Crippen LogP contribution in [0.15, 0.2) is 179 Å². The van der Waals surface area contributed by atoms with E-state index < -0.39 is 0 Å². The molecule has 0 aromatic heterocycles. The largest absolute Gasteiger partial charge is 0.338 e. The molecule has 3 aromatic rings. The van der Waals surface area contributed by atoms with Crippen LogP contribution in [-0.2, 0) is 5.41 Å². The first-order valence-corrected chi connectivity index (χ1v) is 25.1. The first-order chi connectivity index (χ1) is 31.3. The standard InChI is InChI=1S/C61H62N2/c1-3-22-43(23-4-1)62(59-39-42-20-8-9-26-46(42)48-28-11-12-30-51(48)59)45-37-38-50-49-29-13-15-32-53(49)61(56(50)40-45)54-33-16-14-31-52(54)60-55(61)34-18-36-58(60)63(44-24-5-2-6-25-44)57-35-17-21-41-19-7-10-27-47(41)57/h1-3,5-6,8,12,14-16,18,20,22,24,30-38,40,42,44,46,49,53,59H,4,7,9-11,13,17,19,21,23,25-29,39H2/t42?,44?,46?,49?,53-,59?,61?/m1/s1. The van der Waals surface area contributed by atoms with Crippen molar-refractivity contribution >= 4 is 11.4 Å². The molecule has 10 aliphatic rings. The third-order valence-electron chi connectivity index (χ3n) is 17.3. The second-order valence-corrected chi connectivity index (χ2v) is 20.3. The number of rotatable bonds is 6. The molecule has 0 saturated heterocycles. The summed E-state index contributed by atoms with van der Waals surface area (Å²) in [4.78, 5) is 5.67. The lowest BCUT2D eigenvalue weighted by Gasteiger charge is -2.47. The molecule has 2 heteroatoms. The lowest BCUT2D eigenvalue weighted by atomic mass is 9.64. The molecule has 0 heterocycles. The molecule has 0 bridgehead atoms. The summed E-state index contributed by atoms with van der Waals surface area (Å²) in [6.07, 6.45) is 53.7. The normalized spacial score (nSPS) is 30.5. The molecule has 0 aliphatic heterocycles. The minimum absolute atomic E-state index is 0.273. The maximum absolute atomic E-state index is 2.85. The van der Waals surface area contributed by atoms with Gasteiger partial charge in [-0.3, -0.25) is 0 Å². The third-order valence-corrected chi connectivity index (χ3v) is 17.3. The molecule has 10 aliphatic carbocycles. The molecule has 0 amide bonds. The SMILES string of the molecule is C1=CCCC(N(c2ccc3c(c2)C2(c4ccccc4-c4c(N(C5=CCCC6=C5CCCC6)C5C=CC=CC5)cccc42)[C@@H]2C=CCCC32)C2CC3C=CCCC3C3=C2C=CCC3)=C1. The zero-order valence-electron chi connectivity index (χ0n) is 37.0. The van der Waals surface area contributed by atoms with Crippen LogP contribution in [0.5, 0.6) is 0 Å². The molecule has 63 heavy (non-hydrogen) atoms. The highest BCUT2D eigenvalue weighted by molar-refractivity contribution is 5.94. The molecular weight excluding hydrogens is 761 g/mol. The van der Waals surface area contributed by atoms with E-state index in [0.717, 1.165) is 32.1 Å². The third kappa shape index (κ3) is 5.81. The quantitative estimate of drug-likeness (QED) is 0.229. The Hall–Kier alpha value is -5.34. The Kier molecular flexibility index (Phi) is 9.34. The highest BCUT2D eigenvalue weighted by atomic mass is 15.2. The molecule has 0 fully saturated rings. The maximum atomic E-state index is 2.85. The fourth-order valence-corrected chi connectivity index (χ4v) is 14.9. The van der Waals surface area contributed by atoms with Gasteiger partial charge in [0.15, 0.2) is 0 Å². The van der Waals surface area contributed by atoms with E-state index in [2.05, 4.69) is 156 Å². The van der Waals surface area contributed by atoms with Crippen LogP contribution in [0.1, 0.15) is 131 Å². The van der Waals surface area contributed by atoms with E-state index in [4.69, 9.17) is 0 Å². The molecule has 1 spiro atoms. The Morgan fingerprint density at radius 2 is 1.52 bits per heavy atom. The van der Waals surface area contributed by atoms with Crippen molar-refractivity contribution in [2.45, 2.75) is 126 Å². The maximum Gasteiger partial charge on any atom is 0.0593 e. The van der Waals surface area contributed by atoms with E-state index in [0.29, 0.717) is 29.7 Å². The van der Waals surface area contributed by atoms with Gasteiger partial charge >= 0.3 is 0 Å². The predicted octanol–water partition coefficient (Wildman–Crippen LogP) is 15.3. The van der Waals surface area contributed by atoms with Crippen LogP contribution in [0, 0.1) is 17.8 Å². The van der Waals surface area contributed by atoms with E-state index >= 15 is 0 Å². The second-order valence-electron chi connectivity index (χ2n) is 20.3. The van der Waals surface area contributed by atoms with Crippen molar-refractivity contribution in [3.8, 4) is 11.1 Å². The minimum Gasteiger partial charge on any atom is -0.338 e. The van der Waals surface area contributed by atoms with Crippen molar-refractivity contribution in [2.24, 2.45) is 17.8 Å². The van der Waals surface area contributed by atoms with E-state index in [1.165, 1.54) is 116 Å². The molecule has 3 aromatic carbocycles. The number of nitrogens with zero attached hydrogens (tertiary/aromatic N) is 2. The summed E-state index contributed by atoms with van der Waals surface area (Å²) in [6.45, 7) is 0. The van der Waals surface area contributed by atoms with Gasteiger partial charge < -0.3 is 9.80 Å². The Bertz CT molecular complexity index is 2700. The summed E-state index contributed by atoms with van der Waals surface area (Å²) in [6, 6.07) is 25.7. The Morgan fingerprint density at radius 3 is 2.44 bits per heavy atom. The molecular formula is C61H62N2. The summed E-state index contributed by atoms with van der Waals surface area (Å²) in [5.74, 6) is 2.18. The van der Waals surface area contributed by atoms with Gasteiger partial charge in [0.2, 0.25) is 0 Å². The highest BCUT2D eigenvalue weighted by Gasteiger charge is 2.58. The van der Waals surface area contributed by atoms with Gasteiger partial charge in [-0.25, -0.2) is 0 Å².